The van der Waals surface area contributed by atoms with Gasteiger partial charge in [-0.3, -0.25) is 9.48 Å². The van der Waals surface area contributed by atoms with Crippen LogP contribution in [0.1, 0.15) is 28.4 Å². The number of halogens is 1. The highest BCUT2D eigenvalue weighted by Gasteiger charge is 2.11. The van der Waals surface area contributed by atoms with E-state index in [9.17, 15) is 4.79 Å². The van der Waals surface area contributed by atoms with Gasteiger partial charge in [-0.1, -0.05) is 54.9 Å². The van der Waals surface area contributed by atoms with Gasteiger partial charge in [0.05, 0.1) is 18.3 Å². The number of aromatic nitrogens is 2. The molecule has 0 fully saturated rings. The molecule has 24 heavy (non-hydrogen) atoms. The van der Waals surface area contributed by atoms with Gasteiger partial charge in [-0.2, -0.15) is 5.10 Å². The van der Waals surface area contributed by atoms with E-state index in [4.69, 9.17) is 11.6 Å². The summed E-state index contributed by atoms with van der Waals surface area (Å²) in [5, 5.41) is 7.89. The number of carbonyl (C=O) groups excluding carboxylic acids is 1. The molecule has 2 aromatic carbocycles. The molecule has 0 radical (unpaired) electrons. The molecule has 1 amide bonds. The first-order valence-corrected chi connectivity index (χ1v) is 8.20. The van der Waals surface area contributed by atoms with E-state index in [1.165, 1.54) is 0 Å². The molecule has 0 atom stereocenters. The van der Waals surface area contributed by atoms with Gasteiger partial charge in [0.15, 0.2) is 0 Å². The second-order valence-electron chi connectivity index (χ2n) is 5.48. The Bertz CT molecular complexity index is 857. The molecule has 0 saturated heterocycles. The number of amides is 1. The van der Waals surface area contributed by atoms with Crippen molar-refractivity contribution in [2.24, 2.45) is 0 Å². The largest absolute Gasteiger partial charge is 0.322 e. The normalized spacial score (nSPS) is 10.6. The first kappa shape index (κ1) is 16.3. The van der Waals surface area contributed by atoms with Gasteiger partial charge in [0.2, 0.25) is 0 Å². The van der Waals surface area contributed by atoms with Gasteiger partial charge in [-0.25, -0.2) is 0 Å². The van der Waals surface area contributed by atoms with Crippen molar-refractivity contribution in [2.75, 3.05) is 5.32 Å². The Hall–Kier alpha value is -2.59. The fourth-order valence-corrected chi connectivity index (χ4v) is 2.71. The number of hydrogen-bond donors (Lipinski definition) is 1. The van der Waals surface area contributed by atoms with Crippen molar-refractivity contribution in [3.8, 4) is 0 Å². The minimum Gasteiger partial charge on any atom is -0.322 e. The number of benzene rings is 2. The van der Waals surface area contributed by atoms with Gasteiger partial charge in [0, 0.05) is 16.9 Å². The van der Waals surface area contributed by atoms with Crippen LogP contribution in [-0.4, -0.2) is 15.7 Å². The highest BCUT2D eigenvalue weighted by molar-refractivity contribution is 6.31. The van der Waals surface area contributed by atoms with Gasteiger partial charge in [-0.15, -0.1) is 0 Å². The van der Waals surface area contributed by atoms with Crippen LogP contribution in [0.25, 0.3) is 0 Å². The van der Waals surface area contributed by atoms with E-state index in [-0.39, 0.29) is 5.91 Å². The number of rotatable bonds is 5. The van der Waals surface area contributed by atoms with E-state index in [0.29, 0.717) is 17.1 Å². The highest BCUT2D eigenvalue weighted by atomic mass is 35.5. The zero-order valence-corrected chi connectivity index (χ0v) is 14.1. The van der Waals surface area contributed by atoms with E-state index in [0.717, 1.165) is 23.2 Å². The van der Waals surface area contributed by atoms with Crippen molar-refractivity contribution in [1.82, 2.24) is 9.78 Å². The number of nitrogens with one attached hydrogen (secondary N) is 1. The minimum absolute atomic E-state index is 0.165. The van der Waals surface area contributed by atoms with E-state index >= 15 is 0 Å². The first-order chi connectivity index (χ1) is 11.7. The monoisotopic (exact) mass is 339 g/mol. The van der Waals surface area contributed by atoms with Crippen molar-refractivity contribution >= 4 is 23.2 Å². The van der Waals surface area contributed by atoms with Crippen LogP contribution in [0.3, 0.4) is 0 Å². The fraction of sp³-hybridized carbons (Fsp3) is 0.158. The molecule has 0 bridgehead atoms. The Morgan fingerprint density at radius 1 is 1.12 bits per heavy atom. The molecule has 3 aromatic rings. The molecule has 0 aliphatic carbocycles. The molecule has 122 valence electrons. The fourth-order valence-electron chi connectivity index (χ4n) is 2.51. The third-order valence-corrected chi connectivity index (χ3v) is 4.20. The maximum absolute atomic E-state index is 12.4. The maximum atomic E-state index is 12.4. The number of para-hydroxylation sites is 1. The van der Waals surface area contributed by atoms with Crippen LogP contribution in [0.2, 0.25) is 5.02 Å². The van der Waals surface area contributed by atoms with Crippen LogP contribution in [0.15, 0.2) is 60.9 Å². The lowest BCUT2D eigenvalue weighted by Crippen LogP contribution is -2.12. The molecule has 1 heterocycles. The van der Waals surface area contributed by atoms with Gasteiger partial charge in [-0.05, 0) is 29.7 Å². The third-order valence-electron chi connectivity index (χ3n) is 3.83. The first-order valence-electron chi connectivity index (χ1n) is 7.82. The Morgan fingerprint density at radius 2 is 1.83 bits per heavy atom. The molecular weight excluding hydrogens is 322 g/mol. The molecule has 0 saturated carbocycles. The smallest absolute Gasteiger partial charge is 0.258 e. The molecule has 0 aliphatic rings. The summed E-state index contributed by atoms with van der Waals surface area (Å²) in [6, 6.07) is 15.4. The molecule has 0 unspecified atom stereocenters. The summed E-state index contributed by atoms with van der Waals surface area (Å²) in [7, 11) is 0. The molecule has 4 nitrogen and oxygen atoms in total. The van der Waals surface area contributed by atoms with Crippen molar-refractivity contribution in [2.45, 2.75) is 19.9 Å². The van der Waals surface area contributed by atoms with Crippen molar-refractivity contribution in [3.05, 3.63) is 82.6 Å². The summed E-state index contributed by atoms with van der Waals surface area (Å²) in [5.41, 5.74) is 3.43. The second kappa shape index (κ2) is 7.32. The molecule has 1 N–H and O–H groups in total. The molecule has 0 aliphatic heterocycles. The second-order valence-corrected chi connectivity index (χ2v) is 5.89. The van der Waals surface area contributed by atoms with Crippen LogP contribution < -0.4 is 5.32 Å². The Labute approximate surface area is 146 Å². The van der Waals surface area contributed by atoms with E-state index in [1.54, 1.807) is 17.1 Å². The van der Waals surface area contributed by atoms with Crippen molar-refractivity contribution < 1.29 is 4.79 Å². The summed E-state index contributed by atoms with van der Waals surface area (Å²) < 4.78 is 1.71. The van der Waals surface area contributed by atoms with Gasteiger partial charge in [0.25, 0.3) is 5.91 Å². The number of anilines is 1. The molecule has 5 heteroatoms. The molecular formula is C19H18ClN3O. The van der Waals surface area contributed by atoms with Crippen molar-refractivity contribution in [3.63, 3.8) is 0 Å². The zero-order valence-electron chi connectivity index (χ0n) is 13.4. The summed E-state index contributed by atoms with van der Waals surface area (Å²) in [6.45, 7) is 2.59. The standard InChI is InChI=1S/C19H18ClN3O/c1-2-14-7-4-6-10-18(14)22-19(24)16-11-21-23(13-16)12-15-8-3-5-9-17(15)20/h3-11,13H,2,12H2,1H3,(H,22,24). The molecule has 1 aromatic heterocycles. The predicted molar refractivity (Wildman–Crippen MR) is 96.6 cm³/mol. The lowest BCUT2D eigenvalue weighted by Gasteiger charge is -2.08. The number of nitrogens with zero attached hydrogens (tertiary/aromatic N) is 2. The van der Waals surface area contributed by atoms with Gasteiger partial charge < -0.3 is 5.32 Å². The van der Waals surface area contributed by atoms with E-state index < -0.39 is 0 Å². The van der Waals surface area contributed by atoms with E-state index in [1.807, 2.05) is 48.5 Å². The molecule has 3 rings (SSSR count). The molecule has 0 spiro atoms. The average molecular weight is 340 g/mol. The topological polar surface area (TPSA) is 46.9 Å². The van der Waals surface area contributed by atoms with Crippen LogP contribution in [0.5, 0.6) is 0 Å². The van der Waals surface area contributed by atoms with Crippen LogP contribution in [0, 0.1) is 0 Å². The maximum Gasteiger partial charge on any atom is 0.258 e. The highest BCUT2D eigenvalue weighted by Crippen LogP contribution is 2.18. The zero-order chi connectivity index (χ0) is 16.9. The number of carbonyl (C=O) groups is 1. The summed E-state index contributed by atoms with van der Waals surface area (Å²) in [6.07, 6.45) is 4.16. The lowest BCUT2D eigenvalue weighted by atomic mass is 10.1. The summed E-state index contributed by atoms with van der Waals surface area (Å²) >= 11 is 6.16. The van der Waals surface area contributed by atoms with Gasteiger partial charge in [0.1, 0.15) is 0 Å². The quantitative estimate of drug-likeness (QED) is 0.749. The third kappa shape index (κ3) is 3.66. The van der Waals surface area contributed by atoms with Crippen LogP contribution >= 0.6 is 11.6 Å². The predicted octanol–water partition coefficient (Wildman–Crippen LogP) is 4.40. The van der Waals surface area contributed by atoms with Crippen LogP contribution in [0.4, 0.5) is 5.69 Å². The van der Waals surface area contributed by atoms with Gasteiger partial charge >= 0.3 is 0 Å². The summed E-state index contributed by atoms with van der Waals surface area (Å²) in [4.78, 5) is 12.4. The lowest BCUT2D eigenvalue weighted by molar-refractivity contribution is 0.102. The Kier molecular flexibility index (Phi) is 4.96. The van der Waals surface area contributed by atoms with Crippen LogP contribution in [-0.2, 0) is 13.0 Å². The Morgan fingerprint density at radius 3 is 2.58 bits per heavy atom. The number of aryl methyl sites for hydroxylation is 1. The van der Waals surface area contributed by atoms with E-state index in [2.05, 4.69) is 17.3 Å². The van der Waals surface area contributed by atoms with Crippen molar-refractivity contribution in [1.29, 1.82) is 0 Å². The minimum atomic E-state index is -0.165. The Balaban J connectivity index is 1.73. The average Bonchev–Trinajstić information content (AvgIpc) is 3.06. The number of hydrogen-bond acceptors (Lipinski definition) is 2. The SMILES string of the molecule is CCc1ccccc1NC(=O)c1cnn(Cc2ccccc2Cl)c1. The summed E-state index contributed by atoms with van der Waals surface area (Å²) in [5.74, 6) is -0.165.